The number of aryl methyl sites for hydroxylation is 1. The molecule has 0 aromatic heterocycles. The molecule has 0 spiro atoms. The van der Waals surface area contributed by atoms with E-state index in [0.29, 0.717) is 18.2 Å². The number of carbonyl (C=O) groups excluding carboxylic acids is 1. The van der Waals surface area contributed by atoms with Crippen molar-refractivity contribution in [1.29, 1.82) is 0 Å². The summed E-state index contributed by atoms with van der Waals surface area (Å²) < 4.78 is 5.69. The molecule has 2 amide bonds. The molecule has 1 aromatic rings. The molecule has 1 fully saturated rings. The van der Waals surface area contributed by atoms with Crippen LogP contribution in [0, 0.1) is 6.92 Å². The van der Waals surface area contributed by atoms with Gasteiger partial charge in [-0.2, -0.15) is 11.8 Å². The van der Waals surface area contributed by atoms with Crippen LogP contribution in [0.2, 0.25) is 5.02 Å². The third-order valence-electron chi connectivity index (χ3n) is 3.29. The van der Waals surface area contributed by atoms with Crippen LogP contribution in [0.25, 0.3) is 0 Å². The van der Waals surface area contributed by atoms with Gasteiger partial charge in [-0.1, -0.05) is 11.6 Å². The average molecular weight is 329 g/mol. The van der Waals surface area contributed by atoms with Crippen molar-refractivity contribution in [1.82, 2.24) is 10.2 Å². The minimum atomic E-state index is 0.0398. The molecule has 0 saturated carbocycles. The second kappa shape index (κ2) is 8.39. The second-order valence-corrected chi connectivity index (χ2v) is 6.60. The lowest BCUT2D eigenvalue weighted by Crippen LogP contribution is -2.44. The lowest BCUT2D eigenvalue weighted by atomic mass is 10.2. The summed E-state index contributed by atoms with van der Waals surface area (Å²) in [5.41, 5.74) is 1.03. The smallest absolute Gasteiger partial charge is 0.317 e. The van der Waals surface area contributed by atoms with Gasteiger partial charge in [0.25, 0.3) is 0 Å². The van der Waals surface area contributed by atoms with Crippen molar-refractivity contribution in [2.75, 3.05) is 37.7 Å². The van der Waals surface area contributed by atoms with Crippen LogP contribution in [-0.2, 0) is 0 Å². The summed E-state index contributed by atoms with van der Waals surface area (Å²) >= 11 is 7.80. The third kappa shape index (κ3) is 5.32. The molecule has 1 heterocycles. The van der Waals surface area contributed by atoms with Crippen LogP contribution in [-0.4, -0.2) is 48.7 Å². The van der Waals surface area contributed by atoms with Gasteiger partial charge in [-0.3, -0.25) is 0 Å². The molecule has 1 aliphatic rings. The molecule has 1 aliphatic heterocycles. The highest BCUT2D eigenvalue weighted by Crippen LogP contribution is 2.21. The van der Waals surface area contributed by atoms with Crippen molar-refractivity contribution >= 4 is 29.4 Å². The largest absolute Gasteiger partial charge is 0.493 e. The first-order chi connectivity index (χ1) is 10.2. The Balaban J connectivity index is 1.62. The van der Waals surface area contributed by atoms with Gasteiger partial charge < -0.3 is 15.0 Å². The van der Waals surface area contributed by atoms with Crippen LogP contribution in [0.1, 0.15) is 12.0 Å². The molecule has 21 heavy (non-hydrogen) atoms. The lowest BCUT2D eigenvalue weighted by molar-refractivity contribution is 0.202. The Bertz CT molecular complexity index is 479. The summed E-state index contributed by atoms with van der Waals surface area (Å²) in [6.07, 6.45) is 0.788. The van der Waals surface area contributed by atoms with Crippen LogP contribution in [0.5, 0.6) is 5.75 Å². The molecular formula is C15H21ClN2O2S. The van der Waals surface area contributed by atoms with E-state index in [1.807, 2.05) is 41.8 Å². The van der Waals surface area contributed by atoms with E-state index in [0.717, 1.165) is 42.3 Å². The van der Waals surface area contributed by atoms with Crippen LogP contribution >= 0.6 is 23.4 Å². The summed E-state index contributed by atoms with van der Waals surface area (Å²) in [7, 11) is 0. The lowest BCUT2D eigenvalue weighted by Gasteiger charge is -2.26. The normalized spacial score (nSPS) is 14.9. The Kier molecular flexibility index (Phi) is 6.51. The number of hydrogen-bond donors (Lipinski definition) is 1. The number of ether oxygens (including phenoxy) is 1. The molecule has 0 atom stereocenters. The number of thioether (sulfide) groups is 1. The number of rotatable bonds is 5. The molecule has 1 aromatic carbocycles. The fourth-order valence-corrected chi connectivity index (χ4v) is 3.23. The zero-order valence-corrected chi connectivity index (χ0v) is 13.8. The summed E-state index contributed by atoms with van der Waals surface area (Å²) in [4.78, 5) is 13.7. The van der Waals surface area contributed by atoms with E-state index >= 15 is 0 Å². The molecule has 0 bridgehead atoms. The summed E-state index contributed by atoms with van der Waals surface area (Å²) in [5, 5.41) is 3.65. The van der Waals surface area contributed by atoms with Crippen molar-refractivity contribution < 1.29 is 9.53 Å². The molecule has 2 rings (SSSR count). The van der Waals surface area contributed by atoms with Crippen LogP contribution in [0.15, 0.2) is 18.2 Å². The SMILES string of the molecule is Cc1cc(Cl)ccc1OCCCNC(=O)N1CCSCC1. The predicted molar refractivity (Wildman–Crippen MR) is 88.6 cm³/mol. The molecule has 116 valence electrons. The minimum Gasteiger partial charge on any atom is -0.493 e. The van der Waals surface area contributed by atoms with Crippen molar-refractivity contribution in [3.05, 3.63) is 28.8 Å². The van der Waals surface area contributed by atoms with E-state index in [2.05, 4.69) is 5.32 Å². The van der Waals surface area contributed by atoms with E-state index in [1.165, 1.54) is 0 Å². The van der Waals surface area contributed by atoms with Gasteiger partial charge >= 0.3 is 6.03 Å². The summed E-state index contributed by atoms with van der Waals surface area (Å²) in [6.45, 7) is 4.87. The average Bonchev–Trinajstić information content (AvgIpc) is 2.49. The van der Waals surface area contributed by atoms with Gasteiger partial charge in [0, 0.05) is 36.2 Å². The predicted octanol–water partition coefficient (Wildman–Crippen LogP) is 3.18. The van der Waals surface area contributed by atoms with Crippen LogP contribution in [0.3, 0.4) is 0 Å². The molecule has 1 saturated heterocycles. The molecule has 1 N–H and O–H groups in total. The first kappa shape index (κ1) is 16.3. The minimum absolute atomic E-state index is 0.0398. The zero-order valence-electron chi connectivity index (χ0n) is 12.2. The van der Waals surface area contributed by atoms with E-state index in [1.54, 1.807) is 0 Å². The second-order valence-electron chi connectivity index (χ2n) is 4.94. The molecule has 4 nitrogen and oxygen atoms in total. The highest BCUT2D eigenvalue weighted by molar-refractivity contribution is 7.99. The summed E-state index contributed by atoms with van der Waals surface area (Å²) in [6, 6.07) is 5.62. The van der Waals surface area contributed by atoms with E-state index < -0.39 is 0 Å². The number of nitrogens with zero attached hydrogens (tertiary/aromatic N) is 1. The third-order valence-corrected chi connectivity index (χ3v) is 4.47. The number of nitrogens with one attached hydrogen (secondary N) is 1. The van der Waals surface area contributed by atoms with Crippen LogP contribution in [0.4, 0.5) is 4.79 Å². The number of halogens is 1. The van der Waals surface area contributed by atoms with Crippen molar-refractivity contribution in [3.63, 3.8) is 0 Å². The van der Waals surface area contributed by atoms with Crippen molar-refractivity contribution in [3.8, 4) is 5.75 Å². The standard InChI is InChI=1S/C15H21ClN2O2S/c1-12-11-13(16)3-4-14(12)20-8-2-5-17-15(19)18-6-9-21-10-7-18/h3-4,11H,2,5-10H2,1H3,(H,17,19). The number of hydrogen-bond acceptors (Lipinski definition) is 3. The fraction of sp³-hybridized carbons (Fsp3) is 0.533. The first-order valence-electron chi connectivity index (χ1n) is 7.16. The Morgan fingerprint density at radius 1 is 1.43 bits per heavy atom. The zero-order chi connectivity index (χ0) is 15.1. The molecule has 0 radical (unpaired) electrons. The highest BCUT2D eigenvalue weighted by Gasteiger charge is 2.15. The maximum Gasteiger partial charge on any atom is 0.317 e. The highest BCUT2D eigenvalue weighted by atomic mass is 35.5. The van der Waals surface area contributed by atoms with Gasteiger partial charge in [-0.15, -0.1) is 0 Å². The number of carbonyl (C=O) groups is 1. The Morgan fingerprint density at radius 2 is 2.19 bits per heavy atom. The number of amides is 2. The summed E-state index contributed by atoms with van der Waals surface area (Å²) in [5.74, 6) is 2.91. The maximum absolute atomic E-state index is 11.9. The Labute approximate surface area is 135 Å². The van der Waals surface area contributed by atoms with E-state index in [9.17, 15) is 4.79 Å². The number of benzene rings is 1. The van der Waals surface area contributed by atoms with Gasteiger partial charge in [0.1, 0.15) is 5.75 Å². The molecular weight excluding hydrogens is 308 g/mol. The van der Waals surface area contributed by atoms with Gasteiger partial charge in [0.05, 0.1) is 6.61 Å². The van der Waals surface area contributed by atoms with Crippen molar-refractivity contribution in [2.24, 2.45) is 0 Å². The van der Waals surface area contributed by atoms with Gasteiger partial charge in [0.2, 0.25) is 0 Å². The van der Waals surface area contributed by atoms with Gasteiger partial charge in [0.15, 0.2) is 0 Å². The quantitative estimate of drug-likeness (QED) is 0.844. The van der Waals surface area contributed by atoms with Gasteiger partial charge in [-0.05, 0) is 37.1 Å². The Morgan fingerprint density at radius 3 is 2.90 bits per heavy atom. The van der Waals surface area contributed by atoms with E-state index in [-0.39, 0.29) is 6.03 Å². The monoisotopic (exact) mass is 328 g/mol. The Hall–Kier alpha value is -1.07. The topological polar surface area (TPSA) is 41.6 Å². The fourth-order valence-electron chi connectivity index (χ4n) is 2.10. The maximum atomic E-state index is 11.9. The molecule has 6 heteroatoms. The van der Waals surface area contributed by atoms with Crippen LogP contribution < -0.4 is 10.1 Å². The first-order valence-corrected chi connectivity index (χ1v) is 8.69. The molecule has 0 aliphatic carbocycles. The number of urea groups is 1. The molecule has 0 unspecified atom stereocenters. The van der Waals surface area contributed by atoms with Gasteiger partial charge in [-0.25, -0.2) is 4.79 Å². The van der Waals surface area contributed by atoms with E-state index in [4.69, 9.17) is 16.3 Å². The van der Waals surface area contributed by atoms with Crippen molar-refractivity contribution in [2.45, 2.75) is 13.3 Å².